The number of aliphatic hydroxyl groups excluding tert-OH is 20. The number of ether oxygens (including phenoxy) is 8. The largest absolute Gasteiger partial charge is 0.396 e. The minimum Gasteiger partial charge on any atom is -0.396 e. The fourth-order valence-electron chi connectivity index (χ4n) is 8.74. The van der Waals surface area contributed by atoms with Gasteiger partial charge in [-0.05, 0) is 6.92 Å². The molecule has 30 heteroatoms. The summed E-state index contributed by atoms with van der Waals surface area (Å²) in [5.41, 5.74) is 0. The molecule has 0 bridgehead atoms. The molecule has 0 aromatic rings. The van der Waals surface area contributed by atoms with Crippen LogP contribution < -0.4 is 5.32 Å². The van der Waals surface area contributed by atoms with E-state index >= 15 is 0 Å². The number of hydrogen-bond acceptors (Lipinski definition) is 30. The van der Waals surface area contributed by atoms with E-state index in [0.717, 1.165) is 0 Å². The van der Waals surface area contributed by atoms with Gasteiger partial charge in [0, 0.05) is 5.92 Å². The number of carbonyl (C=O) groups is 1. The number of aliphatic hydroxyl groups is 20. The number of aldehydes is 1. The highest BCUT2D eigenvalue weighted by molar-refractivity contribution is 5.56. The van der Waals surface area contributed by atoms with Crippen molar-refractivity contribution in [3.63, 3.8) is 0 Å². The summed E-state index contributed by atoms with van der Waals surface area (Å²) in [6.07, 6.45) is -51.7. The quantitative estimate of drug-likeness (QED) is 0.0534. The molecule has 5 rings (SSSR count). The second-order valence-electron chi connectivity index (χ2n) is 17.1. The third kappa shape index (κ3) is 11.7. The van der Waals surface area contributed by atoms with Crippen LogP contribution >= 0.6 is 0 Å². The number of hydrogen-bond donors (Lipinski definition) is 21. The van der Waals surface area contributed by atoms with Gasteiger partial charge in [0.25, 0.3) is 0 Å². The van der Waals surface area contributed by atoms with E-state index in [2.05, 4.69) is 5.32 Å². The molecule has 0 radical (unpaired) electrons. The molecule has 0 aromatic heterocycles. The fraction of sp³-hybridized carbons (Fsp3) is 0.973. The average Bonchev–Trinajstić information content (AvgIpc) is 3.31. The number of rotatable bonds is 19. The Morgan fingerprint density at radius 1 is 0.493 bits per heavy atom. The molecule has 0 aromatic carbocycles. The summed E-state index contributed by atoms with van der Waals surface area (Å²) in [5.74, 6) is -1.31. The Balaban J connectivity index is 1.21. The van der Waals surface area contributed by atoms with E-state index in [1.807, 2.05) is 0 Å². The monoisotopic (exact) mass is 987 g/mol. The molecule has 0 amide bonds. The zero-order valence-electron chi connectivity index (χ0n) is 35.6. The maximum Gasteiger partial charge on any atom is 0.187 e. The van der Waals surface area contributed by atoms with Gasteiger partial charge in [0.1, 0.15) is 122 Å². The topological polar surface area (TPSA) is 508 Å². The van der Waals surface area contributed by atoms with Crippen molar-refractivity contribution >= 4 is 6.29 Å². The van der Waals surface area contributed by atoms with E-state index in [0.29, 0.717) is 0 Å². The molecular weight excluding hydrogens is 922 g/mol. The molecule has 5 fully saturated rings. The van der Waals surface area contributed by atoms with Gasteiger partial charge in [-0.1, -0.05) is 0 Å². The van der Waals surface area contributed by atoms with E-state index in [1.165, 1.54) is 6.92 Å². The smallest absolute Gasteiger partial charge is 0.187 e. The fourth-order valence-corrected chi connectivity index (χ4v) is 8.74. The molecule has 1 saturated carbocycles. The second-order valence-corrected chi connectivity index (χ2v) is 17.1. The summed E-state index contributed by atoms with van der Waals surface area (Å²) in [7, 11) is 0. The summed E-state index contributed by atoms with van der Waals surface area (Å²) in [6, 6.07) is -2.77. The van der Waals surface area contributed by atoms with Crippen LogP contribution in [0.1, 0.15) is 6.92 Å². The van der Waals surface area contributed by atoms with Gasteiger partial charge < -0.3 is 150 Å². The van der Waals surface area contributed by atoms with Crippen molar-refractivity contribution in [1.29, 1.82) is 0 Å². The van der Waals surface area contributed by atoms with Crippen LogP contribution in [0.2, 0.25) is 0 Å². The molecule has 4 saturated heterocycles. The van der Waals surface area contributed by atoms with Crippen molar-refractivity contribution in [3.8, 4) is 0 Å². The first-order chi connectivity index (χ1) is 31.6. The summed E-state index contributed by atoms with van der Waals surface area (Å²) >= 11 is 0. The Hall–Kier alpha value is -1.49. The van der Waals surface area contributed by atoms with Gasteiger partial charge in [0.2, 0.25) is 0 Å². The zero-order valence-corrected chi connectivity index (χ0v) is 35.6. The summed E-state index contributed by atoms with van der Waals surface area (Å²) in [5, 5.41) is 213. The van der Waals surface area contributed by atoms with Crippen LogP contribution in [0.15, 0.2) is 0 Å². The molecule has 4 heterocycles. The molecule has 392 valence electrons. The molecular formula is C37H65NO29. The summed E-state index contributed by atoms with van der Waals surface area (Å²) < 4.78 is 44.6. The normalized spacial score (nSPS) is 49.4. The lowest BCUT2D eigenvalue weighted by atomic mass is 9.76. The first kappa shape index (κ1) is 56.4. The van der Waals surface area contributed by atoms with Crippen molar-refractivity contribution in [3.05, 3.63) is 0 Å². The Morgan fingerprint density at radius 3 is 1.31 bits per heavy atom. The van der Waals surface area contributed by atoms with Crippen LogP contribution in [0.5, 0.6) is 0 Å². The van der Waals surface area contributed by atoms with Gasteiger partial charge in [-0.15, -0.1) is 0 Å². The lowest BCUT2D eigenvalue weighted by molar-refractivity contribution is -0.389. The lowest BCUT2D eigenvalue weighted by Crippen LogP contribution is -2.72. The van der Waals surface area contributed by atoms with Crippen LogP contribution in [0.3, 0.4) is 0 Å². The molecule has 30 nitrogen and oxygen atoms in total. The molecule has 30 atom stereocenters. The van der Waals surface area contributed by atoms with E-state index < -0.39 is 217 Å². The van der Waals surface area contributed by atoms with Gasteiger partial charge in [-0.25, -0.2) is 0 Å². The number of nitrogens with one attached hydrogen (secondary N) is 1. The molecule has 1 aliphatic carbocycles. The van der Waals surface area contributed by atoms with E-state index in [9.17, 15) is 107 Å². The van der Waals surface area contributed by atoms with Gasteiger partial charge >= 0.3 is 0 Å². The predicted molar refractivity (Wildman–Crippen MR) is 206 cm³/mol. The Kier molecular flexibility index (Phi) is 20.5. The lowest BCUT2D eigenvalue weighted by Gasteiger charge is -2.50. The highest BCUT2D eigenvalue weighted by Crippen LogP contribution is 2.36. The minimum absolute atomic E-state index is 0.119. The Bertz CT molecular complexity index is 1510. The van der Waals surface area contributed by atoms with Crippen LogP contribution in [0, 0.1) is 5.92 Å². The summed E-state index contributed by atoms with van der Waals surface area (Å²) in [6.45, 7) is -3.55. The third-order valence-electron chi connectivity index (χ3n) is 12.8. The van der Waals surface area contributed by atoms with Gasteiger partial charge in [-0.2, -0.15) is 0 Å². The maximum atomic E-state index is 11.2. The van der Waals surface area contributed by atoms with Crippen molar-refractivity contribution < 1.29 is 145 Å². The van der Waals surface area contributed by atoms with Crippen molar-refractivity contribution in [2.75, 3.05) is 33.0 Å². The standard InChI is InChI=1S/C37H65NO29/c1-8-15(38-16-17(47)9(2-39)18(48)22(52)21(16)51)20(50)26(56)34(60-8)65-31-12(5-42)62-36(28(58)24(31)54)67-33-14(7-44)63-37(29(59)25(33)55)66-32-13(6-43)61-35(27(57)23(32)53)64-30(11(46)4-41)19(49)10(45)3-40/h3,8-39,41-59H,2,4-7H2,1H3/t8-,9+,10+,11-,12-,13+,14+,15-,16+,17-,18-,19+,20+,21+,22+,23-,24-,25-,26-,27-,28-,29+,30-,31-,32-,33-,34-,35-,36-,37-/m1/s1. The van der Waals surface area contributed by atoms with Crippen LogP contribution in [-0.2, 0) is 42.7 Å². The van der Waals surface area contributed by atoms with E-state index in [-0.39, 0.29) is 6.29 Å². The highest BCUT2D eigenvalue weighted by atomic mass is 16.8. The molecule has 0 unspecified atom stereocenters. The van der Waals surface area contributed by atoms with Crippen molar-refractivity contribution in [2.24, 2.45) is 5.92 Å². The second kappa shape index (κ2) is 24.3. The first-order valence-corrected chi connectivity index (χ1v) is 21.3. The summed E-state index contributed by atoms with van der Waals surface area (Å²) in [4.78, 5) is 11.0. The van der Waals surface area contributed by atoms with E-state index in [1.54, 1.807) is 0 Å². The maximum absolute atomic E-state index is 11.2. The Morgan fingerprint density at radius 2 is 0.896 bits per heavy atom. The molecule has 0 spiro atoms. The molecule has 67 heavy (non-hydrogen) atoms. The van der Waals surface area contributed by atoms with Gasteiger partial charge in [0.05, 0.1) is 63.4 Å². The first-order valence-electron chi connectivity index (χ1n) is 21.3. The average molecular weight is 988 g/mol. The zero-order chi connectivity index (χ0) is 49.9. The van der Waals surface area contributed by atoms with Crippen LogP contribution in [0.4, 0.5) is 0 Å². The van der Waals surface area contributed by atoms with Crippen molar-refractivity contribution in [1.82, 2.24) is 5.32 Å². The van der Waals surface area contributed by atoms with Gasteiger partial charge in [-0.3, -0.25) is 0 Å². The minimum atomic E-state index is -2.19. The highest BCUT2D eigenvalue weighted by Gasteiger charge is 2.57. The Labute approximate surface area is 379 Å². The molecule has 21 N–H and O–H groups in total. The van der Waals surface area contributed by atoms with E-state index in [4.69, 9.17) is 37.9 Å². The predicted octanol–water partition coefficient (Wildman–Crippen LogP) is -14.0. The third-order valence-corrected chi connectivity index (χ3v) is 12.8. The van der Waals surface area contributed by atoms with Crippen LogP contribution in [0.25, 0.3) is 0 Å². The van der Waals surface area contributed by atoms with Crippen LogP contribution in [-0.4, -0.2) is 319 Å². The van der Waals surface area contributed by atoms with Crippen molar-refractivity contribution in [2.45, 2.75) is 185 Å². The number of carbonyl (C=O) groups excluding carboxylic acids is 1. The molecule has 5 aliphatic rings. The van der Waals surface area contributed by atoms with Gasteiger partial charge in [0.15, 0.2) is 31.4 Å². The molecule has 4 aliphatic heterocycles. The SMILES string of the molecule is C[C@H]1O[C@H](O[C@H]2[C@H](O)[C@@H](O)[C@@H](O[C@H]3[C@H](O)[C@H](O)[C@@H](O[C@H]4[C@H](O)[C@@H](O)[C@@H](O[C@@H]([C@@H](O)[C@@H](O)C=O)[C@H](O)CO)O[C@H]4CO)O[C@H]3CO)O[C@@H]2CO)[C@H](O)[C@@H](O)[C@@H]1N[C@@H]1[C@H](O)[C@@H](O)[C@H](O)[C@@H](CO)[C@H]1O.